The summed E-state index contributed by atoms with van der Waals surface area (Å²) in [4.78, 5) is 11.8. The van der Waals surface area contributed by atoms with Crippen molar-refractivity contribution in [3.05, 3.63) is 71.8 Å². The summed E-state index contributed by atoms with van der Waals surface area (Å²) in [6.45, 7) is 0.638. The third-order valence-corrected chi connectivity index (χ3v) is 5.89. The van der Waals surface area contributed by atoms with Crippen molar-refractivity contribution in [2.45, 2.75) is 16.1 Å². The number of nitrogens with one attached hydrogen (secondary N) is 1. The van der Waals surface area contributed by atoms with Gasteiger partial charge in [0.25, 0.3) is 0 Å². The summed E-state index contributed by atoms with van der Waals surface area (Å²) in [7, 11) is 0. The van der Waals surface area contributed by atoms with E-state index in [2.05, 4.69) is 49.3 Å². The van der Waals surface area contributed by atoms with Gasteiger partial charge in [-0.25, -0.2) is 0 Å². The Morgan fingerprint density at radius 3 is 2.14 bits per heavy atom. The lowest BCUT2D eigenvalue weighted by molar-refractivity contribution is -0.120. The molecule has 0 heterocycles. The van der Waals surface area contributed by atoms with Crippen molar-refractivity contribution in [3.63, 3.8) is 0 Å². The van der Waals surface area contributed by atoms with E-state index in [1.807, 2.05) is 48.5 Å². The van der Waals surface area contributed by atoms with E-state index in [0.29, 0.717) is 6.54 Å². The number of alkyl halides is 2. The van der Waals surface area contributed by atoms with Crippen LogP contribution >= 0.6 is 31.9 Å². The highest BCUT2D eigenvalue weighted by Crippen LogP contribution is 2.31. The van der Waals surface area contributed by atoms with Crippen LogP contribution in [0.2, 0.25) is 0 Å². The van der Waals surface area contributed by atoms with Crippen LogP contribution in [0.5, 0.6) is 0 Å². The molecule has 2 aromatic rings. The SMILES string of the molecule is O=C(NCCc1ccccc1)[C@@H](Br)[C@H](Br)c1ccccc1. The summed E-state index contributed by atoms with van der Waals surface area (Å²) in [6.07, 6.45) is 0.838. The van der Waals surface area contributed by atoms with E-state index >= 15 is 0 Å². The molecular weight excluding hydrogens is 394 g/mol. The Morgan fingerprint density at radius 1 is 0.952 bits per heavy atom. The Balaban J connectivity index is 1.82. The predicted octanol–water partition coefficient (Wildman–Crippen LogP) is 4.25. The van der Waals surface area contributed by atoms with Crippen molar-refractivity contribution in [1.82, 2.24) is 5.32 Å². The molecule has 110 valence electrons. The fourth-order valence-electron chi connectivity index (χ4n) is 2.01. The maximum atomic E-state index is 12.2. The Morgan fingerprint density at radius 2 is 1.52 bits per heavy atom. The third kappa shape index (κ3) is 4.97. The molecule has 2 nitrogen and oxygen atoms in total. The second-order valence-electron chi connectivity index (χ2n) is 4.74. The fourth-order valence-corrected chi connectivity index (χ4v) is 3.02. The standard InChI is InChI=1S/C17H17Br2NO/c18-15(14-9-5-2-6-10-14)16(19)17(21)20-12-11-13-7-3-1-4-8-13/h1-10,15-16H,11-12H2,(H,20,21)/t15-,16+/m1/s1. The van der Waals surface area contributed by atoms with Crippen molar-refractivity contribution in [3.8, 4) is 0 Å². The molecule has 4 heteroatoms. The molecule has 0 aliphatic heterocycles. The Hall–Kier alpha value is -1.13. The first kappa shape index (κ1) is 16.2. The van der Waals surface area contributed by atoms with Crippen LogP contribution in [-0.4, -0.2) is 17.3 Å². The summed E-state index contributed by atoms with van der Waals surface area (Å²) in [5.41, 5.74) is 2.31. The molecule has 0 aliphatic carbocycles. The monoisotopic (exact) mass is 409 g/mol. The maximum Gasteiger partial charge on any atom is 0.235 e. The molecule has 0 spiro atoms. The maximum absolute atomic E-state index is 12.2. The molecule has 0 radical (unpaired) electrons. The van der Waals surface area contributed by atoms with Gasteiger partial charge in [0.2, 0.25) is 5.91 Å². The number of carbonyl (C=O) groups excluding carboxylic acids is 1. The first-order valence-corrected chi connectivity index (χ1v) is 8.66. The highest BCUT2D eigenvalue weighted by atomic mass is 79.9. The minimum Gasteiger partial charge on any atom is -0.355 e. The van der Waals surface area contributed by atoms with Crippen molar-refractivity contribution in [2.75, 3.05) is 6.54 Å². The number of amides is 1. The normalized spacial score (nSPS) is 13.4. The minimum absolute atomic E-state index is 0.00309. The molecule has 0 saturated carbocycles. The first-order chi connectivity index (χ1) is 10.2. The van der Waals surface area contributed by atoms with Gasteiger partial charge >= 0.3 is 0 Å². The van der Waals surface area contributed by atoms with Gasteiger partial charge in [0, 0.05) is 6.54 Å². The predicted molar refractivity (Wildman–Crippen MR) is 94.0 cm³/mol. The lowest BCUT2D eigenvalue weighted by Gasteiger charge is -2.17. The highest BCUT2D eigenvalue weighted by Gasteiger charge is 2.24. The van der Waals surface area contributed by atoms with Crippen LogP contribution in [0.3, 0.4) is 0 Å². The Labute approximate surface area is 142 Å². The minimum atomic E-state index is -0.296. The van der Waals surface area contributed by atoms with E-state index in [4.69, 9.17) is 0 Å². The second kappa shape index (κ2) is 8.35. The quantitative estimate of drug-likeness (QED) is 0.708. The molecule has 0 aliphatic rings. The van der Waals surface area contributed by atoms with Crippen molar-refractivity contribution in [2.24, 2.45) is 0 Å². The second-order valence-corrected chi connectivity index (χ2v) is 6.71. The highest BCUT2D eigenvalue weighted by molar-refractivity contribution is 9.12. The smallest absolute Gasteiger partial charge is 0.235 e. The molecule has 21 heavy (non-hydrogen) atoms. The number of rotatable bonds is 6. The van der Waals surface area contributed by atoms with Gasteiger partial charge in [-0.15, -0.1) is 0 Å². The zero-order valence-corrected chi connectivity index (χ0v) is 14.7. The zero-order chi connectivity index (χ0) is 15.1. The molecule has 1 N–H and O–H groups in total. The Kier molecular flexibility index (Phi) is 6.46. The first-order valence-electron chi connectivity index (χ1n) is 6.83. The topological polar surface area (TPSA) is 29.1 Å². The molecule has 2 rings (SSSR count). The molecule has 0 saturated heterocycles. The lowest BCUT2D eigenvalue weighted by Crippen LogP contribution is -2.34. The number of hydrogen-bond acceptors (Lipinski definition) is 1. The molecule has 0 aromatic heterocycles. The van der Waals surface area contributed by atoms with E-state index in [1.165, 1.54) is 5.56 Å². The van der Waals surface area contributed by atoms with E-state index in [0.717, 1.165) is 12.0 Å². The van der Waals surface area contributed by atoms with E-state index < -0.39 is 0 Å². The van der Waals surface area contributed by atoms with E-state index in [1.54, 1.807) is 0 Å². The molecule has 1 amide bonds. The Bertz CT molecular complexity index is 560. The van der Waals surface area contributed by atoms with Gasteiger partial charge < -0.3 is 5.32 Å². The third-order valence-electron chi connectivity index (χ3n) is 3.18. The molecular formula is C17H17Br2NO. The molecule has 0 unspecified atom stereocenters. The van der Waals surface area contributed by atoms with Crippen LogP contribution in [0.1, 0.15) is 16.0 Å². The molecule has 0 fully saturated rings. The molecule has 2 aromatic carbocycles. The van der Waals surface area contributed by atoms with Gasteiger partial charge in [-0.2, -0.15) is 0 Å². The number of hydrogen-bond donors (Lipinski definition) is 1. The van der Waals surface area contributed by atoms with Crippen LogP contribution in [-0.2, 0) is 11.2 Å². The zero-order valence-electron chi connectivity index (χ0n) is 11.5. The van der Waals surface area contributed by atoms with Gasteiger partial charge in [-0.3, -0.25) is 4.79 Å². The summed E-state index contributed by atoms with van der Waals surface area (Å²) in [6, 6.07) is 20.0. The van der Waals surface area contributed by atoms with Gasteiger partial charge in [0.15, 0.2) is 0 Å². The van der Waals surface area contributed by atoms with Crippen LogP contribution in [0.25, 0.3) is 0 Å². The van der Waals surface area contributed by atoms with E-state index in [-0.39, 0.29) is 15.6 Å². The average molecular weight is 411 g/mol. The van der Waals surface area contributed by atoms with Crippen molar-refractivity contribution >= 4 is 37.8 Å². The van der Waals surface area contributed by atoms with Crippen molar-refractivity contribution in [1.29, 1.82) is 0 Å². The van der Waals surface area contributed by atoms with Crippen LogP contribution in [0.15, 0.2) is 60.7 Å². The molecule has 0 bridgehead atoms. The number of benzene rings is 2. The van der Waals surface area contributed by atoms with Gasteiger partial charge in [0.05, 0.1) is 4.83 Å². The average Bonchev–Trinajstić information content (AvgIpc) is 2.55. The van der Waals surface area contributed by atoms with Crippen LogP contribution in [0.4, 0.5) is 0 Å². The van der Waals surface area contributed by atoms with E-state index in [9.17, 15) is 4.79 Å². The van der Waals surface area contributed by atoms with Crippen LogP contribution < -0.4 is 5.32 Å². The van der Waals surface area contributed by atoms with Gasteiger partial charge in [-0.05, 0) is 17.5 Å². The summed E-state index contributed by atoms with van der Waals surface area (Å²) in [5.74, 6) is -0.00309. The summed E-state index contributed by atoms with van der Waals surface area (Å²) in [5, 5.41) is 2.97. The van der Waals surface area contributed by atoms with Gasteiger partial charge in [0.1, 0.15) is 4.83 Å². The fraction of sp³-hybridized carbons (Fsp3) is 0.235. The van der Waals surface area contributed by atoms with Crippen molar-refractivity contribution < 1.29 is 4.79 Å². The molecule has 2 atom stereocenters. The number of carbonyl (C=O) groups is 1. The van der Waals surface area contributed by atoms with Gasteiger partial charge in [-0.1, -0.05) is 92.5 Å². The lowest BCUT2D eigenvalue weighted by atomic mass is 10.1. The summed E-state index contributed by atoms with van der Waals surface area (Å²) >= 11 is 7.05. The number of halogens is 2. The summed E-state index contributed by atoms with van der Waals surface area (Å²) < 4.78 is 0. The largest absolute Gasteiger partial charge is 0.355 e. The van der Waals surface area contributed by atoms with Crippen LogP contribution in [0, 0.1) is 0 Å².